The van der Waals surface area contributed by atoms with Crippen LogP contribution in [0.15, 0.2) is 30.9 Å². The summed E-state index contributed by atoms with van der Waals surface area (Å²) in [5.41, 5.74) is 0.534. The monoisotopic (exact) mass is 280 g/mol. The van der Waals surface area contributed by atoms with Crippen molar-refractivity contribution in [3.63, 3.8) is 0 Å². The fourth-order valence-electron chi connectivity index (χ4n) is 2.40. The maximum absolute atomic E-state index is 13.1. The summed E-state index contributed by atoms with van der Waals surface area (Å²) in [5.74, 6) is -1.68. The number of carbonyl (C=O) groups excluding carboxylic acids is 1. The fourth-order valence-corrected chi connectivity index (χ4v) is 2.40. The quantitative estimate of drug-likeness (QED) is 0.860. The molecule has 1 amide bonds. The van der Waals surface area contributed by atoms with Crippen LogP contribution in [0.1, 0.15) is 19.3 Å². The second-order valence-corrected chi connectivity index (χ2v) is 4.94. The molecule has 108 valence electrons. The van der Waals surface area contributed by atoms with E-state index in [0.717, 1.165) is 31.5 Å². The summed E-state index contributed by atoms with van der Waals surface area (Å²) < 4.78 is 26.0. The van der Waals surface area contributed by atoms with Crippen molar-refractivity contribution in [2.24, 2.45) is 0 Å². The van der Waals surface area contributed by atoms with Crippen LogP contribution in [-0.2, 0) is 4.79 Å². The van der Waals surface area contributed by atoms with Crippen LogP contribution >= 0.6 is 0 Å². The lowest BCUT2D eigenvalue weighted by Gasteiger charge is -2.33. The molecule has 0 unspecified atom stereocenters. The average molecular weight is 280 g/mol. The number of amides is 1. The van der Waals surface area contributed by atoms with Crippen LogP contribution in [0.5, 0.6) is 0 Å². The number of rotatable bonds is 4. The molecule has 1 aromatic rings. The van der Waals surface area contributed by atoms with E-state index in [-0.39, 0.29) is 11.9 Å². The number of anilines is 1. The zero-order chi connectivity index (χ0) is 14.5. The zero-order valence-corrected chi connectivity index (χ0v) is 11.2. The molecule has 1 fully saturated rings. The minimum atomic E-state index is -0.870. The van der Waals surface area contributed by atoms with Gasteiger partial charge in [0.1, 0.15) is 0 Å². The number of hydrogen-bond donors (Lipinski definition) is 1. The van der Waals surface area contributed by atoms with Gasteiger partial charge in [-0.15, -0.1) is 6.58 Å². The van der Waals surface area contributed by atoms with Gasteiger partial charge in [-0.3, -0.25) is 4.79 Å². The van der Waals surface area contributed by atoms with E-state index in [9.17, 15) is 13.6 Å². The van der Waals surface area contributed by atoms with E-state index in [1.165, 1.54) is 6.07 Å². The van der Waals surface area contributed by atoms with Gasteiger partial charge in [-0.25, -0.2) is 8.78 Å². The van der Waals surface area contributed by atoms with Crippen LogP contribution in [0.2, 0.25) is 0 Å². The van der Waals surface area contributed by atoms with E-state index in [2.05, 4.69) is 11.9 Å². The lowest BCUT2D eigenvalue weighted by atomic mass is 10.0. The van der Waals surface area contributed by atoms with Crippen LogP contribution in [0.25, 0.3) is 0 Å². The summed E-state index contributed by atoms with van der Waals surface area (Å²) in [4.78, 5) is 13.6. The molecule has 0 saturated carbocycles. The molecule has 1 heterocycles. The highest BCUT2D eigenvalue weighted by Gasteiger charge is 2.22. The Balaban J connectivity index is 1.97. The van der Waals surface area contributed by atoms with Crippen molar-refractivity contribution < 1.29 is 13.6 Å². The predicted octanol–water partition coefficient (Wildman–Crippen LogP) is 2.94. The van der Waals surface area contributed by atoms with E-state index in [1.54, 1.807) is 11.0 Å². The predicted molar refractivity (Wildman–Crippen MR) is 74.4 cm³/mol. The number of piperidine rings is 1. The SMILES string of the molecule is C=CCC(=O)N1CCC[C@H](Nc2ccc(F)c(F)c2)C1. The van der Waals surface area contributed by atoms with Gasteiger partial charge < -0.3 is 10.2 Å². The van der Waals surface area contributed by atoms with Gasteiger partial charge in [0.05, 0.1) is 0 Å². The second kappa shape index (κ2) is 6.50. The number of hydrogen-bond acceptors (Lipinski definition) is 2. The highest BCUT2D eigenvalue weighted by atomic mass is 19.2. The second-order valence-electron chi connectivity index (χ2n) is 4.94. The van der Waals surface area contributed by atoms with E-state index in [0.29, 0.717) is 18.7 Å². The molecule has 3 nitrogen and oxygen atoms in total. The van der Waals surface area contributed by atoms with Crippen LogP contribution in [0.3, 0.4) is 0 Å². The molecule has 0 radical (unpaired) electrons. The molecule has 20 heavy (non-hydrogen) atoms. The Morgan fingerprint density at radius 1 is 1.45 bits per heavy atom. The topological polar surface area (TPSA) is 32.3 Å². The van der Waals surface area contributed by atoms with Crippen molar-refractivity contribution in [3.05, 3.63) is 42.5 Å². The third-order valence-corrected chi connectivity index (χ3v) is 3.38. The Morgan fingerprint density at radius 3 is 2.95 bits per heavy atom. The van der Waals surface area contributed by atoms with Gasteiger partial charge >= 0.3 is 0 Å². The minimum absolute atomic E-state index is 0.0526. The van der Waals surface area contributed by atoms with Crippen LogP contribution in [0, 0.1) is 11.6 Å². The zero-order valence-electron chi connectivity index (χ0n) is 11.2. The Bertz CT molecular complexity index is 505. The first-order chi connectivity index (χ1) is 9.60. The van der Waals surface area contributed by atoms with Gasteiger partial charge in [0.2, 0.25) is 5.91 Å². The van der Waals surface area contributed by atoms with E-state index in [4.69, 9.17) is 0 Å². The Hall–Kier alpha value is -1.91. The van der Waals surface area contributed by atoms with E-state index >= 15 is 0 Å². The summed E-state index contributed by atoms with van der Waals surface area (Å²) in [6.45, 7) is 4.87. The molecule has 1 atom stereocenters. The number of likely N-dealkylation sites (tertiary alicyclic amines) is 1. The standard InChI is InChI=1S/C15H18F2N2O/c1-2-4-15(20)19-8-3-5-12(10-19)18-11-6-7-13(16)14(17)9-11/h2,6-7,9,12,18H,1,3-5,8,10H2/t12-/m0/s1. The smallest absolute Gasteiger partial charge is 0.226 e. The summed E-state index contributed by atoms with van der Waals surface area (Å²) in [6.07, 6.45) is 3.72. The molecule has 0 aliphatic carbocycles. The van der Waals surface area contributed by atoms with Gasteiger partial charge in [-0.2, -0.15) is 0 Å². The first-order valence-electron chi connectivity index (χ1n) is 6.70. The van der Waals surface area contributed by atoms with Gasteiger partial charge in [0.25, 0.3) is 0 Å². The van der Waals surface area contributed by atoms with Gasteiger partial charge in [-0.1, -0.05) is 6.08 Å². The van der Waals surface area contributed by atoms with Crippen molar-refractivity contribution >= 4 is 11.6 Å². The minimum Gasteiger partial charge on any atom is -0.380 e. The lowest BCUT2D eigenvalue weighted by molar-refractivity contribution is -0.131. The lowest BCUT2D eigenvalue weighted by Crippen LogP contribution is -2.44. The van der Waals surface area contributed by atoms with Crippen LogP contribution < -0.4 is 5.32 Å². The molecule has 1 N–H and O–H groups in total. The Morgan fingerprint density at radius 2 is 2.25 bits per heavy atom. The van der Waals surface area contributed by atoms with Crippen LogP contribution in [-0.4, -0.2) is 29.9 Å². The average Bonchev–Trinajstić information content (AvgIpc) is 2.43. The molecule has 0 aromatic heterocycles. The maximum Gasteiger partial charge on any atom is 0.226 e. The highest BCUT2D eigenvalue weighted by molar-refractivity contribution is 5.77. The first kappa shape index (κ1) is 14.5. The fraction of sp³-hybridized carbons (Fsp3) is 0.400. The van der Waals surface area contributed by atoms with E-state index < -0.39 is 11.6 Å². The number of nitrogens with one attached hydrogen (secondary N) is 1. The normalized spacial score (nSPS) is 18.7. The number of halogens is 2. The number of benzene rings is 1. The molecule has 1 aliphatic rings. The summed E-state index contributed by atoms with van der Waals surface area (Å²) >= 11 is 0. The molecule has 0 spiro atoms. The first-order valence-corrected chi connectivity index (χ1v) is 6.70. The third-order valence-electron chi connectivity index (χ3n) is 3.38. The molecular formula is C15H18F2N2O. The van der Waals surface area contributed by atoms with Crippen LogP contribution in [0.4, 0.5) is 14.5 Å². The van der Waals surface area contributed by atoms with Gasteiger partial charge in [0.15, 0.2) is 11.6 Å². The van der Waals surface area contributed by atoms with Crippen molar-refractivity contribution in [1.29, 1.82) is 0 Å². The summed E-state index contributed by atoms with van der Waals surface area (Å²) in [7, 11) is 0. The maximum atomic E-state index is 13.1. The summed E-state index contributed by atoms with van der Waals surface area (Å²) in [6, 6.07) is 3.80. The number of carbonyl (C=O) groups is 1. The summed E-state index contributed by atoms with van der Waals surface area (Å²) in [5, 5.41) is 3.15. The Kier molecular flexibility index (Phi) is 4.71. The molecule has 2 rings (SSSR count). The highest BCUT2D eigenvalue weighted by Crippen LogP contribution is 2.18. The van der Waals surface area contributed by atoms with Crippen molar-refractivity contribution in [2.45, 2.75) is 25.3 Å². The largest absolute Gasteiger partial charge is 0.380 e. The van der Waals surface area contributed by atoms with Crippen molar-refractivity contribution in [1.82, 2.24) is 4.90 Å². The molecule has 1 aliphatic heterocycles. The van der Waals surface area contributed by atoms with Gasteiger partial charge in [0, 0.05) is 37.3 Å². The van der Waals surface area contributed by atoms with Crippen molar-refractivity contribution in [2.75, 3.05) is 18.4 Å². The molecule has 0 bridgehead atoms. The Labute approximate surface area is 117 Å². The van der Waals surface area contributed by atoms with Gasteiger partial charge in [-0.05, 0) is 25.0 Å². The molecule has 1 aromatic carbocycles. The molecular weight excluding hydrogens is 262 g/mol. The van der Waals surface area contributed by atoms with E-state index in [1.807, 2.05) is 0 Å². The molecule has 5 heteroatoms. The third kappa shape index (κ3) is 3.56. The molecule has 1 saturated heterocycles. The van der Waals surface area contributed by atoms with Crippen molar-refractivity contribution in [3.8, 4) is 0 Å². The number of nitrogens with zero attached hydrogens (tertiary/aromatic N) is 1.